The Morgan fingerprint density at radius 1 is 1.29 bits per heavy atom. The zero-order valence-electron chi connectivity index (χ0n) is 13.2. The summed E-state index contributed by atoms with van der Waals surface area (Å²) in [6, 6.07) is 8.13. The van der Waals surface area contributed by atoms with Gasteiger partial charge in [0.15, 0.2) is 5.96 Å². The Kier molecular flexibility index (Phi) is 9.61. The number of anilines is 1. The smallest absolute Gasteiger partial charge is 0.193 e. The van der Waals surface area contributed by atoms with Crippen molar-refractivity contribution in [2.75, 3.05) is 18.5 Å². The monoisotopic (exact) mass is 405 g/mol. The molecular formula is C16H28IN3O. The molecule has 4 N–H and O–H groups in total. The van der Waals surface area contributed by atoms with Gasteiger partial charge >= 0.3 is 0 Å². The van der Waals surface area contributed by atoms with Crippen LogP contribution in [0.5, 0.6) is 0 Å². The summed E-state index contributed by atoms with van der Waals surface area (Å²) in [4.78, 5) is 4.38. The van der Waals surface area contributed by atoms with E-state index in [2.05, 4.69) is 43.2 Å². The summed E-state index contributed by atoms with van der Waals surface area (Å²) in [5.74, 6) is 0.401. The fraction of sp³-hybridized carbons (Fsp3) is 0.562. The molecule has 1 aromatic rings. The van der Waals surface area contributed by atoms with E-state index in [0.29, 0.717) is 12.5 Å². The number of hydrogen-bond acceptors (Lipinski definition) is 2. The fourth-order valence-corrected chi connectivity index (χ4v) is 2.06. The van der Waals surface area contributed by atoms with Crippen LogP contribution in [0.25, 0.3) is 0 Å². The average Bonchev–Trinajstić information content (AvgIpc) is 2.49. The molecule has 0 atom stereocenters. The van der Waals surface area contributed by atoms with E-state index in [0.717, 1.165) is 24.9 Å². The number of aliphatic hydroxyl groups excluding tert-OH is 1. The second kappa shape index (κ2) is 10.00. The molecule has 0 spiro atoms. The molecule has 0 bridgehead atoms. The van der Waals surface area contributed by atoms with Gasteiger partial charge in [0.25, 0.3) is 0 Å². The average molecular weight is 405 g/mol. The number of nitrogens with two attached hydrogens (primary N) is 1. The maximum atomic E-state index is 9.52. The molecule has 21 heavy (non-hydrogen) atoms. The molecule has 1 rings (SSSR count). The standard InChI is InChI=1S/C16H27N3O.HI/c1-4-13-8-7-9-14(10-13)19-15(17)18-11-16(5-2,6-3)12-20;/h7-10,20H,4-6,11-12H2,1-3H3,(H3,17,18,19);1H. The van der Waals surface area contributed by atoms with E-state index in [1.165, 1.54) is 5.56 Å². The molecule has 0 unspecified atom stereocenters. The summed E-state index contributed by atoms with van der Waals surface area (Å²) in [5.41, 5.74) is 7.98. The SMILES string of the molecule is CCc1cccc(NC(N)=NCC(CC)(CC)CO)c1.I. The van der Waals surface area contributed by atoms with Crippen molar-refractivity contribution < 1.29 is 5.11 Å². The molecule has 0 aliphatic heterocycles. The van der Waals surface area contributed by atoms with E-state index in [1.54, 1.807) is 0 Å². The van der Waals surface area contributed by atoms with E-state index in [1.807, 2.05) is 12.1 Å². The van der Waals surface area contributed by atoms with Crippen LogP contribution < -0.4 is 11.1 Å². The summed E-state index contributed by atoms with van der Waals surface area (Å²) in [6.45, 7) is 6.95. The van der Waals surface area contributed by atoms with Gasteiger partial charge in [0.2, 0.25) is 0 Å². The van der Waals surface area contributed by atoms with Gasteiger partial charge < -0.3 is 16.2 Å². The first-order valence-electron chi connectivity index (χ1n) is 7.36. The third kappa shape index (κ3) is 6.22. The number of nitrogens with zero attached hydrogens (tertiary/aromatic N) is 1. The van der Waals surface area contributed by atoms with Gasteiger partial charge in [0, 0.05) is 11.1 Å². The highest BCUT2D eigenvalue weighted by atomic mass is 127. The predicted octanol–water partition coefficient (Wildman–Crippen LogP) is 3.39. The molecule has 1 aromatic carbocycles. The Balaban J connectivity index is 0.00000400. The number of halogens is 1. The summed E-state index contributed by atoms with van der Waals surface area (Å²) >= 11 is 0. The minimum Gasteiger partial charge on any atom is -0.396 e. The van der Waals surface area contributed by atoms with E-state index in [-0.39, 0.29) is 36.0 Å². The largest absolute Gasteiger partial charge is 0.396 e. The van der Waals surface area contributed by atoms with Gasteiger partial charge in [0.1, 0.15) is 0 Å². The third-order valence-electron chi connectivity index (χ3n) is 4.03. The molecular weight excluding hydrogens is 377 g/mol. The predicted molar refractivity (Wildman–Crippen MR) is 101 cm³/mol. The van der Waals surface area contributed by atoms with E-state index in [9.17, 15) is 5.11 Å². The maximum Gasteiger partial charge on any atom is 0.193 e. The van der Waals surface area contributed by atoms with Gasteiger partial charge in [-0.2, -0.15) is 0 Å². The highest BCUT2D eigenvalue weighted by Gasteiger charge is 2.24. The van der Waals surface area contributed by atoms with Gasteiger partial charge in [-0.25, -0.2) is 0 Å². The van der Waals surface area contributed by atoms with Crippen LogP contribution in [0.3, 0.4) is 0 Å². The van der Waals surface area contributed by atoms with Crippen molar-refractivity contribution in [1.82, 2.24) is 0 Å². The second-order valence-corrected chi connectivity index (χ2v) is 5.25. The molecule has 0 saturated carbocycles. The quantitative estimate of drug-likeness (QED) is 0.370. The van der Waals surface area contributed by atoms with Crippen molar-refractivity contribution in [1.29, 1.82) is 0 Å². The lowest BCUT2D eigenvalue weighted by atomic mass is 9.83. The first-order chi connectivity index (χ1) is 9.59. The minimum absolute atomic E-state index is 0. The number of aryl methyl sites for hydroxylation is 1. The van der Waals surface area contributed by atoms with Gasteiger partial charge in [-0.15, -0.1) is 24.0 Å². The van der Waals surface area contributed by atoms with Crippen molar-refractivity contribution in [2.45, 2.75) is 40.0 Å². The molecule has 0 aromatic heterocycles. The van der Waals surface area contributed by atoms with Crippen molar-refractivity contribution in [3.63, 3.8) is 0 Å². The number of nitrogens with one attached hydrogen (secondary N) is 1. The molecule has 0 saturated heterocycles. The molecule has 0 fully saturated rings. The Morgan fingerprint density at radius 3 is 2.48 bits per heavy atom. The lowest BCUT2D eigenvalue weighted by molar-refractivity contribution is 0.123. The van der Waals surface area contributed by atoms with Crippen molar-refractivity contribution >= 4 is 35.6 Å². The molecule has 0 radical (unpaired) electrons. The van der Waals surface area contributed by atoms with Crippen LogP contribution in [-0.4, -0.2) is 24.2 Å². The molecule has 0 aliphatic rings. The number of guanidine groups is 1. The first-order valence-corrected chi connectivity index (χ1v) is 7.36. The van der Waals surface area contributed by atoms with Gasteiger partial charge in [-0.1, -0.05) is 32.9 Å². The topological polar surface area (TPSA) is 70.6 Å². The number of hydrogen-bond donors (Lipinski definition) is 3. The molecule has 0 heterocycles. The van der Waals surface area contributed by atoms with Crippen LogP contribution in [0.1, 0.15) is 39.2 Å². The van der Waals surface area contributed by atoms with Gasteiger partial charge in [-0.3, -0.25) is 4.99 Å². The number of aliphatic hydroxyl groups is 1. The van der Waals surface area contributed by atoms with Crippen LogP contribution in [-0.2, 0) is 6.42 Å². The van der Waals surface area contributed by atoms with Gasteiger partial charge in [-0.05, 0) is 37.0 Å². The summed E-state index contributed by atoms with van der Waals surface area (Å²) in [6.07, 6.45) is 2.77. The van der Waals surface area contributed by atoms with Crippen molar-refractivity contribution in [3.8, 4) is 0 Å². The van der Waals surface area contributed by atoms with Crippen LogP contribution in [0, 0.1) is 5.41 Å². The first kappa shape index (κ1) is 20.2. The zero-order valence-corrected chi connectivity index (χ0v) is 15.6. The Morgan fingerprint density at radius 2 is 1.95 bits per heavy atom. The Hall–Kier alpha value is -0.820. The Bertz CT molecular complexity index is 437. The van der Waals surface area contributed by atoms with Crippen LogP contribution >= 0.6 is 24.0 Å². The molecule has 4 nitrogen and oxygen atoms in total. The van der Waals surface area contributed by atoms with Crippen LogP contribution in [0.15, 0.2) is 29.3 Å². The molecule has 120 valence electrons. The normalized spacial score (nSPS) is 11.9. The number of rotatable bonds is 7. The molecule has 0 amide bonds. The highest BCUT2D eigenvalue weighted by molar-refractivity contribution is 14.0. The summed E-state index contributed by atoms with van der Waals surface area (Å²) in [5, 5.41) is 12.6. The number of benzene rings is 1. The molecule has 0 aliphatic carbocycles. The van der Waals surface area contributed by atoms with Crippen LogP contribution in [0.4, 0.5) is 5.69 Å². The minimum atomic E-state index is -0.155. The van der Waals surface area contributed by atoms with Gasteiger partial charge in [0.05, 0.1) is 13.2 Å². The van der Waals surface area contributed by atoms with E-state index >= 15 is 0 Å². The second-order valence-electron chi connectivity index (χ2n) is 5.25. The lowest BCUT2D eigenvalue weighted by Crippen LogP contribution is -2.30. The summed E-state index contributed by atoms with van der Waals surface area (Å²) < 4.78 is 0. The number of aliphatic imine (C=N–C) groups is 1. The highest BCUT2D eigenvalue weighted by Crippen LogP contribution is 2.25. The lowest BCUT2D eigenvalue weighted by Gasteiger charge is -2.27. The van der Waals surface area contributed by atoms with E-state index < -0.39 is 0 Å². The van der Waals surface area contributed by atoms with Crippen molar-refractivity contribution in [3.05, 3.63) is 29.8 Å². The molecule has 5 heteroatoms. The Labute approximate surface area is 145 Å². The zero-order chi connectivity index (χ0) is 15.0. The van der Waals surface area contributed by atoms with Crippen molar-refractivity contribution in [2.24, 2.45) is 16.1 Å². The fourth-order valence-electron chi connectivity index (χ4n) is 2.06. The van der Waals surface area contributed by atoms with E-state index in [4.69, 9.17) is 5.73 Å². The summed E-state index contributed by atoms with van der Waals surface area (Å²) in [7, 11) is 0. The third-order valence-corrected chi connectivity index (χ3v) is 4.03. The van der Waals surface area contributed by atoms with Crippen LogP contribution in [0.2, 0.25) is 0 Å². The maximum absolute atomic E-state index is 9.52.